The lowest BCUT2D eigenvalue weighted by atomic mass is 10.1. The number of aryl methyl sites for hydroxylation is 2. The lowest BCUT2D eigenvalue weighted by molar-refractivity contribution is 0.0725. The quantitative estimate of drug-likeness (QED) is 0.155. The first-order chi connectivity index (χ1) is 16.0. The Hall–Kier alpha value is -2.67. The van der Waals surface area contributed by atoms with Crippen LogP contribution in [-0.2, 0) is 12.8 Å². The second-order valence-corrected chi connectivity index (χ2v) is 9.28. The maximum atomic E-state index is 14.6. The van der Waals surface area contributed by atoms with Crippen LogP contribution >= 0.6 is 11.3 Å². The van der Waals surface area contributed by atoms with Crippen molar-refractivity contribution in [3.63, 3.8) is 0 Å². The van der Waals surface area contributed by atoms with Crippen molar-refractivity contribution < 1.29 is 18.3 Å². The highest BCUT2D eigenvalue weighted by atomic mass is 32.1. The monoisotopic (exact) mass is 472 g/mol. The van der Waals surface area contributed by atoms with Gasteiger partial charge in [0.05, 0.1) is 0 Å². The predicted molar refractivity (Wildman–Crippen MR) is 128 cm³/mol. The van der Waals surface area contributed by atoms with E-state index in [-0.39, 0.29) is 11.4 Å². The number of thiophene rings is 1. The first-order valence-electron chi connectivity index (χ1n) is 11.6. The molecule has 0 N–H and O–H groups in total. The third kappa shape index (κ3) is 7.16. The van der Waals surface area contributed by atoms with Crippen molar-refractivity contribution in [2.75, 3.05) is 0 Å². The minimum Gasteiger partial charge on any atom is -0.416 e. The van der Waals surface area contributed by atoms with Crippen LogP contribution in [0.2, 0.25) is 0 Å². The Morgan fingerprint density at radius 3 is 2.21 bits per heavy atom. The molecule has 176 valence electrons. The second-order valence-electron chi connectivity index (χ2n) is 8.11. The summed E-state index contributed by atoms with van der Waals surface area (Å²) in [6.07, 6.45) is 13.0. The smallest absolute Gasteiger partial charge is 0.353 e. The van der Waals surface area contributed by atoms with Crippen LogP contribution in [0, 0.1) is 11.6 Å². The summed E-state index contributed by atoms with van der Waals surface area (Å²) in [6, 6.07) is 5.67. The summed E-state index contributed by atoms with van der Waals surface area (Å²) in [5, 5.41) is 0. The van der Waals surface area contributed by atoms with Crippen molar-refractivity contribution in [2.24, 2.45) is 0 Å². The zero-order valence-corrected chi connectivity index (χ0v) is 20.0. The van der Waals surface area contributed by atoms with Gasteiger partial charge in [0.15, 0.2) is 17.5 Å². The molecule has 0 spiro atoms. The number of nitrogens with zero attached hydrogens (tertiary/aromatic N) is 2. The number of halogens is 2. The Morgan fingerprint density at radius 1 is 0.909 bits per heavy atom. The Labute approximate surface area is 198 Å². The highest BCUT2D eigenvalue weighted by Crippen LogP contribution is 2.29. The molecule has 0 saturated heterocycles. The van der Waals surface area contributed by atoms with E-state index >= 15 is 0 Å². The molecule has 2 aromatic heterocycles. The van der Waals surface area contributed by atoms with E-state index in [1.807, 2.05) is 6.07 Å². The number of aromatic nitrogens is 2. The summed E-state index contributed by atoms with van der Waals surface area (Å²) < 4.78 is 34.3. The third-order valence-corrected chi connectivity index (χ3v) is 6.49. The van der Waals surface area contributed by atoms with Gasteiger partial charge in [0.1, 0.15) is 4.88 Å². The maximum absolute atomic E-state index is 14.6. The molecule has 2 heterocycles. The van der Waals surface area contributed by atoms with Crippen molar-refractivity contribution in [2.45, 2.75) is 71.6 Å². The SMILES string of the molecule is CCCCCCc1cnc(-c2cc(F)c(OC(=O)c3ccc(CCCCC)s3)c(F)c2)nc1. The number of esters is 1. The predicted octanol–water partition coefficient (Wildman–Crippen LogP) is 7.56. The fourth-order valence-electron chi connectivity index (χ4n) is 3.49. The standard InChI is InChI=1S/C26H30F2N2O2S/c1-3-5-7-9-10-18-16-29-25(30-17-18)19-14-21(27)24(22(28)15-19)32-26(31)23-13-12-20(33-23)11-8-6-4-2/h12-17H,3-11H2,1-2H3. The fraction of sp³-hybridized carbons (Fsp3) is 0.423. The van der Waals surface area contributed by atoms with Crippen LogP contribution in [0.3, 0.4) is 0 Å². The van der Waals surface area contributed by atoms with Gasteiger partial charge in [-0.25, -0.2) is 23.5 Å². The van der Waals surface area contributed by atoms with E-state index in [0.29, 0.717) is 4.88 Å². The van der Waals surface area contributed by atoms with Gasteiger partial charge in [0.2, 0.25) is 5.75 Å². The second kappa shape index (κ2) is 12.5. The summed E-state index contributed by atoms with van der Waals surface area (Å²) in [6.45, 7) is 4.29. The van der Waals surface area contributed by atoms with Gasteiger partial charge in [-0.05, 0) is 55.5 Å². The number of carbonyl (C=O) groups excluding carboxylic acids is 1. The van der Waals surface area contributed by atoms with E-state index in [0.717, 1.165) is 67.5 Å². The van der Waals surface area contributed by atoms with Gasteiger partial charge in [-0.1, -0.05) is 46.0 Å². The molecule has 0 atom stereocenters. The van der Waals surface area contributed by atoms with E-state index in [4.69, 9.17) is 4.74 Å². The van der Waals surface area contributed by atoms with Crippen LogP contribution < -0.4 is 4.74 Å². The van der Waals surface area contributed by atoms with Gasteiger partial charge in [-0.2, -0.15) is 0 Å². The molecule has 3 rings (SSSR count). The number of hydrogen-bond donors (Lipinski definition) is 0. The highest BCUT2D eigenvalue weighted by Gasteiger charge is 2.20. The van der Waals surface area contributed by atoms with Gasteiger partial charge in [-0.15, -0.1) is 11.3 Å². The minimum atomic E-state index is -0.967. The molecule has 1 aromatic carbocycles. The number of rotatable bonds is 12. The van der Waals surface area contributed by atoms with Gasteiger partial charge >= 0.3 is 5.97 Å². The molecule has 4 nitrogen and oxygen atoms in total. The molecule has 0 amide bonds. The summed E-state index contributed by atoms with van der Waals surface area (Å²) in [7, 11) is 0. The zero-order chi connectivity index (χ0) is 23.6. The molecule has 3 aromatic rings. The van der Waals surface area contributed by atoms with Crippen molar-refractivity contribution >= 4 is 17.3 Å². The Kier molecular flexibility index (Phi) is 9.48. The van der Waals surface area contributed by atoms with Crippen LogP contribution in [0.5, 0.6) is 5.75 Å². The van der Waals surface area contributed by atoms with Crippen molar-refractivity contribution in [1.82, 2.24) is 9.97 Å². The Balaban J connectivity index is 1.66. The van der Waals surface area contributed by atoms with Gasteiger partial charge in [0, 0.05) is 22.8 Å². The summed E-state index contributed by atoms with van der Waals surface area (Å²) in [4.78, 5) is 22.3. The zero-order valence-electron chi connectivity index (χ0n) is 19.2. The molecule has 7 heteroatoms. The van der Waals surface area contributed by atoms with Gasteiger partial charge in [0.25, 0.3) is 0 Å². The molecule has 0 unspecified atom stereocenters. The number of hydrogen-bond acceptors (Lipinski definition) is 5. The van der Waals surface area contributed by atoms with Crippen LogP contribution in [0.4, 0.5) is 8.78 Å². The molecule has 0 aliphatic heterocycles. The average Bonchev–Trinajstić information content (AvgIpc) is 3.29. The Morgan fingerprint density at radius 2 is 1.55 bits per heavy atom. The van der Waals surface area contributed by atoms with Crippen LogP contribution in [-0.4, -0.2) is 15.9 Å². The van der Waals surface area contributed by atoms with E-state index in [1.165, 1.54) is 24.2 Å². The number of unbranched alkanes of at least 4 members (excludes halogenated alkanes) is 5. The topological polar surface area (TPSA) is 52.1 Å². The van der Waals surface area contributed by atoms with Crippen LogP contribution in [0.1, 0.15) is 78.9 Å². The average molecular weight is 473 g/mol. The number of benzene rings is 1. The molecule has 0 bridgehead atoms. The fourth-order valence-corrected chi connectivity index (χ4v) is 4.42. The van der Waals surface area contributed by atoms with Gasteiger partial charge < -0.3 is 4.74 Å². The normalized spacial score (nSPS) is 11.0. The summed E-state index contributed by atoms with van der Waals surface area (Å²) in [5.41, 5.74) is 1.18. The lowest BCUT2D eigenvalue weighted by Gasteiger charge is -2.08. The van der Waals surface area contributed by atoms with Crippen molar-refractivity contribution in [3.8, 4) is 17.1 Å². The minimum absolute atomic E-state index is 0.191. The van der Waals surface area contributed by atoms with Gasteiger partial charge in [-0.3, -0.25) is 0 Å². The molecule has 33 heavy (non-hydrogen) atoms. The summed E-state index contributed by atoms with van der Waals surface area (Å²) in [5.74, 6) is -3.19. The first-order valence-corrected chi connectivity index (χ1v) is 12.4. The number of ether oxygens (including phenoxy) is 1. The van der Waals surface area contributed by atoms with Crippen LogP contribution in [0.15, 0.2) is 36.7 Å². The molecule has 0 saturated carbocycles. The molecule has 0 aliphatic carbocycles. The molecule has 0 aliphatic rings. The van der Waals surface area contributed by atoms with E-state index in [9.17, 15) is 13.6 Å². The van der Waals surface area contributed by atoms with Crippen molar-refractivity contribution in [1.29, 1.82) is 0 Å². The third-order valence-electron chi connectivity index (χ3n) is 5.37. The molecular formula is C26H30F2N2O2S. The maximum Gasteiger partial charge on any atom is 0.353 e. The molecule has 0 fully saturated rings. The van der Waals surface area contributed by atoms with E-state index in [1.54, 1.807) is 18.5 Å². The van der Waals surface area contributed by atoms with Crippen LogP contribution in [0.25, 0.3) is 11.4 Å². The lowest BCUT2D eigenvalue weighted by Crippen LogP contribution is -2.09. The summed E-state index contributed by atoms with van der Waals surface area (Å²) >= 11 is 1.29. The number of carbonyl (C=O) groups is 1. The van der Waals surface area contributed by atoms with E-state index in [2.05, 4.69) is 23.8 Å². The highest BCUT2D eigenvalue weighted by molar-refractivity contribution is 7.13. The Bertz CT molecular complexity index is 1030. The van der Waals surface area contributed by atoms with E-state index < -0.39 is 23.4 Å². The molecule has 0 radical (unpaired) electrons. The van der Waals surface area contributed by atoms with Crippen molar-refractivity contribution in [3.05, 3.63) is 63.6 Å². The first kappa shape index (κ1) is 25.0. The molecular weight excluding hydrogens is 442 g/mol. The largest absolute Gasteiger partial charge is 0.416 e.